The summed E-state index contributed by atoms with van der Waals surface area (Å²) in [7, 11) is 0. The molecule has 0 aromatic heterocycles. The summed E-state index contributed by atoms with van der Waals surface area (Å²) in [5.41, 5.74) is 6.59. The standard InChI is InChI=1S/C17H34N4/c1-15(2)13-19-8-10-21(11-9-19)17(14-18)5-7-20-6-3-4-16(20)12-17/h15-16H,3-14,18H2,1-2H3. The lowest BCUT2D eigenvalue weighted by molar-refractivity contribution is -0.0190. The number of nitrogens with zero attached hydrogens (tertiary/aromatic N) is 3. The van der Waals surface area contributed by atoms with Crippen molar-refractivity contribution < 1.29 is 0 Å². The molecule has 0 amide bonds. The fourth-order valence-corrected chi connectivity index (χ4v) is 4.84. The monoisotopic (exact) mass is 294 g/mol. The molecule has 0 spiro atoms. The zero-order valence-electron chi connectivity index (χ0n) is 14.1. The van der Waals surface area contributed by atoms with Crippen molar-refractivity contribution in [2.24, 2.45) is 11.7 Å². The van der Waals surface area contributed by atoms with Gasteiger partial charge in [0.1, 0.15) is 0 Å². The zero-order valence-corrected chi connectivity index (χ0v) is 14.1. The van der Waals surface area contributed by atoms with Crippen LogP contribution in [-0.2, 0) is 0 Å². The third-order valence-corrected chi connectivity index (χ3v) is 6.03. The Morgan fingerprint density at radius 2 is 1.86 bits per heavy atom. The Labute approximate surface area is 130 Å². The van der Waals surface area contributed by atoms with E-state index < -0.39 is 0 Å². The van der Waals surface area contributed by atoms with E-state index in [9.17, 15) is 0 Å². The second kappa shape index (κ2) is 6.53. The minimum atomic E-state index is 0.301. The molecule has 0 saturated carbocycles. The number of piperidine rings is 1. The Bertz CT molecular complexity index is 338. The van der Waals surface area contributed by atoms with Gasteiger partial charge in [-0.1, -0.05) is 13.8 Å². The number of rotatable bonds is 4. The van der Waals surface area contributed by atoms with Gasteiger partial charge in [-0.3, -0.25) is 4.90 Å². The van der Waals surface area contributed by atoms with Gasteiger partial charge in [0.15, 0.2) is 0 Å². The highest BCUT2D eigenvalue weighted by molar-refractivity contribution is 5.02. The first-order valence-corrected chi connectivity index (χ1v) is 9.04. The van der Waals surface area contributed by atoms with E-state index in [1.54, 1.807) is 0 Å². The van der Waals surface area contributed by atoms with Crippen molar-refractivity contribution in [1.29, 1.82) is 0 Å². The van der Waals surface area contributed by atoms with Gasteiger partial charge in [-0.25, -0.2) is 0 Å². The topological polar surface area (TPSA) is 35.7 Å². The molecule has 3 aliphatic rings. The first-order chi connectivity index (χ1) is 10.1. The highest BCUT2D eigenvalue weighted by atomic mass is 15.3. The third-order valence-electron chi connectivity index (χ3n) is 6.03. The van der Waals surface area contributed by atoms with Crippen molar-refractivity contribution in [3.05, 3.63) is 0 Å². The second-order valence-corrected chi connectivity index (χ2v) is 7.90. The molecule has 4 heteroatoms. The molecule has 4 nitrogen and oxygen atoms in total. The maximum atomic E-state index is 6.29. The van der Waals surface area contributed by atoms with Gasteiger partial charge in [-0.05, 0) is 38.1 Å². The molecule has 3 heterocycles. The lowest BCUT2D eigenvalue weighted by Crippen LogP contribution is -2.64. The number of nitrogens with two attached hydrogens (primary N) is 1. The van der Waals surface area contributed by atoms with Crippen molar-refractivity contribution in [3.8, 4) is 0 Å². The minimum absolute atomic E-state index is 0.301. The van der Waals surface area contributed by atoms with Crippen LogP contribution >= 0.6 is 0 Å². The van der Waals surface area contributed by atoms with Crippen LogP contribution in [0, 0.1) is 5.92 Å². The van der Waals surface area contributed by atoms with Crippen LogP contribution in [0.2, 0.25) is 0 Å². The van der Waals surface area contributed by atoms with Crippen LogP contribution in [0.15, 0.2) is 0 Å². The predicted molar refractivity (Wildman–Crippen MR) is 88.5 cm³/mol. The Morgan fingerprint density at radius 1 is 1.10 bits per heavy atom. The quantitative estimate of drug-likeness (QED) is 0.845. The van der Waals surface area contributed by atoms with E-state index >= 15 is 0 Å². The summed E-state index contributed by atoms with van der Waals surface area (Å²) in [4.78, 5) is 8.10. The molecule has 2 atom stereocenters. The molecule has 0 aromatic carbocycles. The molecule has 0 bridgehead atoms. The molecule has 0 aliphatic carbocycles. The number of fused-ring (bicyclic) bond motifs is 1. The third kappa shape index (κ3) is 3.29. The molecule has 0 aromatic rings. The fraction of sp³-hybridized carbons (Fsp3) is 1.00. The first-order valence-electron chi connectivity index (χ1n) is 9.04. The van der Waals surface area contributed by atoms with Gasteiger partial charge in [-0.2, -0.15) is 0 Å². The zero-order chi connectivity index (χ0) is 14.9. The Kier molecular flexibility index (Phi) is 4.89. The highest BCUT2D eigenvalue weighted by Crippen LogP contribution is 2.36. The Balaban J connectivity index is 1.59. The highest BCUT2D eigenvalue weighted by Gasteiger charge is 2.44. The summed E-state index contributed by atoms with van der Waals surface area (Å²) in [6.07, 6.45) is 5.39. The van der Waals surface area contributed by atoms with Gasteiger partial charge in [0.25, 0.3) is 0 Å². The summed E-state index contributed by atoms with van der Waals surface area (Å²) < 4.78 is 0. The van der Waals surface area contributed by atoms with Crippen LogP contribution in [0.5, 0.6) is 0 Å². The first kappa shape index (κ1) is 15.7. The van der Waals surface area contributed by atoms with Crippen molar-refractivity contribution in [2.75, 3.05) is 52.4 Å². The van der Waals surface area contributed by atoms with E-state index in [-0.39, 0.29) is 0 Å². The van der Waals surface area contributed by atoms with Gasteiger partial charge >= 0.3 is 0 Å². The van der Waals surface area contributed by atoms with Gasteiger partial charge in [0, 0.05) is 57.4 Å². The van der Waals surface area contributed by atoms with Crippen molar-refractivity contribution in [1.82, 2.24) is 14.7 Å². The van der Waals surface area contributed by atoms with E-state index in [4.69, 9.17) is 5.73 Å². The number of hydrogen-bond donors (Lipinski definition) is 1. The molecular formula is C17H34N4. The molecule has 3 rings (SSSR count). The van der Waals surface area contributed by atoms with E-state index in [1.807, 2.05) is 0 Å². The maximum absolute atomic E-state index is 6.29. The van der Waals surface area contributed by atoms with E-state index in [0.29, 0.717) is 5.54 Å². The average molecular weight is 294 g/mol. The SMILES string of the molecule is CC(C)CN1CCN(C2(CN)CCN3CCCC3C2)CC1. The Hall–Kier alpha value is -0.160. The number of piperazine rings is 1. The van der Waals surface area contributed by atoms with Crippen LogP contribution in [0.1, 0.15) is 39.5 Å². The molecule has 2 unspecified atom stereocenters. The van der Waals surface area contributed by atoms with Gasteiger partial charge in [0.2, 0.25) is 0 Å². The molecule has 0 radical (unpaired) electrons. The summed E-state index contributed by atoms with van der Waals surface area (Å²) in [6, 6.07) is 0.816. The second-order valence-electron chi connectivity index (χ2n) is 7.90. The molecule has 21 heavy (non-hydrogen) atoms. The smallest absolute Gasteiger partial charge is 0.0359 e. The van der Waals surface area contributed by atoms with Gasteiger partial charge < -0.3 is 15.5 Å². The normalized spacial score (nSPS) is 36.3. The van der Waals surface area contributed by atoms with E-state index in [2.05, 4.69) is 28.5 Å². The van der Waals surface area contributed by atoms with Crippen molar-refractivity contribution in [2.45, 2.75) is 51.1 Å². The van der Waals surface area contributed by atoms with Crippen molar-refractivity contribution in [3.63, 3.8) is 0 Å². The minimum Gasteiger partial charge on any atom is -0.329 e. The Morgan fingerprint density at radius 3 is 2.52 bits per heavy atom. The fourth-order valence-electron chi connectivity index (χ4n) is 4.84. The van der Waals surface area contributed by atoms with Gasteiger partial charge in [-0.15, -0.1) is 0 Å². The molecule has 3 saturated heterocycles. The lowest BCUT2D eigenvalue weighted by atomic mass is 9.81. The van der Waals surface area contributed by atoms with E-state index in [1.165, 1.54) is 71.5 Å². The summed E-state index contributed by atoms with van der Waals surface area (Å²) >= 11 is 0. The van der Waals surface area contributed by atoms with Crippen LogP contribution < -0.4 is 5.73 Å². The van der Waals surface area contributed by atoms with Crippen LogP contribution in [0.4, 0.5) is 0 Å². The summed E-state index contributed by atoms with van der Waals surface area (Å²) in [5, 5.41) is 0. The average Bonchev–Trinajstić information content (AvgIpc) is 2.94. The van der Waals surface area contributed by atoms with Crippen LogP contribution in [0.3, 0.4) is 0 Å². The molecule has 122 valence electrons. The molecular weight excluding hydrogens is 260 g/mol. The van der Waals surface area contributed by atoms with Gasteiger partial charge in [0.05, 0.1) is 0 Å². The number of hydrogen-bond acceptors (Lipinski definition) is 4. The van der Waals surface area contributed by atoms with E-state index in [0.717, 1.165) is 18.5 Å². The van der Waals surface area contributed by atoms with Crippen LogP contribution in [-0.4, -0.2) is 78.6 Å². The molecule has 2 N–H and O–H groups in total. The molecule has 3 fully saturated rings. The predicted octanol–water partition coefficient (Wildman–Crippen LogP) is 1.22. The summed E-state index contributed by atoms with van der Waals surface area (Å²) in [6.45, 7) is 14.2. The summed E-state index contributed by atoms with van der Waals surface area (Å²) in [5.74, 6) is 0.779. The van der Waals surface area contributed by atoms with Crippen molar-refractivity contribution >= 4 is 0 Å². The largest absolute Gasteiger partial charge is 0.329 e. The lowest BCUT2D eigenvalue weighted by Gasteiger charge is -2.52. The maximum Gasteiger partial charge on any atom is 0.0359 e. The van der Waals surface area contributed by atoms with Crippen LogP contribution in [0.25, 0.3) is 0 Å². The molecule has 3 aliphatic heterocycles.